The monoisotopic (exact) mass is 347 g/mol. The van der Waals surface area contributed by atoms with Crippen molar-refractivity contribution < 1.29 is 24.3 Å². The Morgan fingerprint density at radius 1 is 1.08 bits per heavy atom. The molecule has 1 aliphatic carbocycles. The highest BCUT2D eigenvalue weighted by atomic mass is 16.4. The quantitative estimate of drug-likeness (QED) is 0.510. The molecular weight excluding hydrogens is 326 g/mol. The molecule has 1 aromatic carbocycles. The number of rotatable bonds is 8. The maximum absolute atomic E-state index is 12.0. The molecule has 8 nitrogen and oxygen atoms in total. The number of hydrogen-bond acceptors (Lipinski definition) is 4. The lowest BCUT2D eigenvalue weighted by Gasteiger charge is -2.10. The van der Waals surface area contributed by atoms with E-state index in [1.54, 1.807) is 0 Å². The van der Waals surface area contributed by atoms with Gasteiger partial charge in [-0.2, -0.15) is 0 Å². The minimum Gasteiger partial charge on any atom is -0.480 e. The molecule has 0 radical (unpaired) electrons. The van der Waals surface area contributed by atoms with Crippen LogP contribution in [0.4, 0.5) is 0 Å². The summed E-state index contributed by atoms with van der Waals surface area (Å²) in [6, 6.07) is 8.67. The standard InChI is InChI=1S/C17H21N3O5/c1-10(17(24)25)20-15(22)9-18-14(21)8-19-16(23)13-7-12(13)11-5-3-2-4-6-11/h2-6,10,12-13H,7-9H2,1H3,(H,18,21)(H,19,23)(H,20,22)(H,24,25)/t10-,12?,13+/m0/s1. The zero-order valence-electron chi connectivity index (χ0n) is 13.8. The second kappa shape index (κ2) is 8.27. The van der Waals surface area contributed by atoms with Gasteiger partial charge in [-0.1, -0.05) is 30.3 Å². The molecule has 2 rings (SSSR count). The molecule has 8 heteroatoms. The summed E-state index contributed by atoms with van der Waals surface area (Å²) in [5, 5.41) is 15.8. The number of hydrogen-bond donors (Lipinski definition) is 4. The highest BCUT2D eigenvalue weighted by molar-refractivity contribution is 5.90. The molecule has 4 N–H and O–H groups in total. The molecular formula is C17H21N3O5. The SMILES string of the molecule is C[C@H](NC(=O)CNC(=O)CNC(=O)[C@@H]1CC1c1ccccc1)C(=O)O. The van der Waals surface area contributed by atoms with Gasteiger partial charge in [-0.3, -0.25) is 19.2 Å². The first-order chi connectivity index (χ1) is 11.9. The van der Waals surface area contributed by atoms with Gasteiger partial charge in [-0.25, -0.2) is 0 Å². The van der Waals surface area contributed by atoms with Gasteiger partial charge in [0.1, 0.15) is 6.04 Å². The summed E-state index contributed by atoms with van der Waals surface area (Å²) in [6.07, 6.45) is 0.757. The largest absolute Gasteiger partial charge is 0.480 e. The van der Waals surface area contributed by atoms with Gasteiger partial charge in [-0.15, -0.1) is 0 Å². The smallest absolute Gasteiger partial charge is 0.325 e. The predicted octanol–water partition coefficient (Wildman–Crippen LogP) is -0.388. The van der Waals surface area contributed by atoms with Gasteiger partial charge < -0.3 is 21.1 Å². The number of nitrogens with one attached hydrogen (secondary N) is 3. The molecule has 0 aromatic heterocycles. The molecule has 0 saturated heterocycles. The van der Waals surface area contributed by atoms with Crippen molar-refractivity contribution >= 4 is 23.7 Å². The summed E-state index contributed by atoms with van der Waals surface area (Å²) in [6.45, 7) is 0.752. The third-order valence-corrected chi connectivity index (χ3v) is 3.97. The van der Waals surface area contributed by atoms with Crippen molar-refractivity contribution in [2.24, 2.45) is 5.92 Å². The van der Waals surface area contributed by atoms with Crippen molar-refractivity contribution in [3.8, 4) is 0 Å². The number of carboxylic acid groups (broad SMARTS) is 1. The Balaban J connectivity index is 1.65. The molecule has 0 aliphatic heterocycles. The van der Waals surface area contributed by atoms with Crippen molar-refractivity contribution in [2.45, 2.75) is 25.3 Å². The highest BCUT2D eigenvalue weighted by Gasteiger charge is 2.43. The van der Waals surface area contributed by atoms with Gasteiger partial charge in [0.15, 0.2) is 0 Å². The van der Waals surface area contributed by atoms with E-state index in [0.717, 1.165) is 12.0 Å². The minimum atomic E-state index is -1.16. The van der Waals surface area contributed by atoms with E-state index >= 15 is 0 Å². The lowest BCUT2D eigenvalue weighted by atomic mass is 10.1. The molecule has 0 bridgehead atoms. The third kappa shape index (κ3) is 5.59. The van der Waals surface area contributed by atoms with Crippen LogP contribution in [-0.2, 0) is 19.2 Å². The summed E-state index contributed by atoms with van der Waals surface area (Å²) >= 11 is 0. The Bertz CT molecular complexity index is 662. The van der Waals surface area contributed by atoms with E-state index in [1.807, 2.05) is 30.3 Å². The first kappa shape index (κ1) is 18.4. The molecule has 0 spiro atoms. The van der Waals surface area contributed by atoms with Crippen LogP contribution in [0.2, 0.25) is 0 Å². The zero-order valence-corrected chi connectivity index (χ0v) is 13.8. The Morgan fingerprint density at radius 3 is 2.36 bits per heavy atom. The molecule has 1 unspecified atom stereocenters. The zero-order chi connectivity index (χ0) is 18.4. The van der Waals surface area contributed by atoms with Gasteiger partial charge in [0.25, 0.3) is 0 Å². The Labute approximate surface area is 145 Å². The van der Waals surface area contributed by atoms with E-state index in [0.29, 0.717) is 0 Å². The normalized spacial score (nSPS) is 19.4. The maximum Gasteiger partial charge on any atom is 0.325 e. The number of amides is 3. The summed E-state index contributed by atoms with van der Waals surface area (Å²) in [4.78, 5) is 45.7. The van der Waals surface area contributed by atoms with Gasteiger partial charge in [-0.05, 0) is 24.8 Å². The second-order valence-electron chi connectivity index (χ2n) is 5.98. The van der Waals surface area contributed by atoms with Gasteiger partial charge in [0.05, 0.1) is 13.1 Å². The van der Waals surface area contributed by atoms with Gasteiger partial charge >= 0.3 is 5.97 Å². The van der Waals surface area contributed by atoms with Crippen LogP contribution in [0.25, 0.3) is 0 Å². The number of aliphatic carboxylic acids is 1. The van der Waals surface area contributed by atoms with E-state index in [2.05, 4.69) is 16.0 Å². The maximum atomic E-state index is 12.0. The van der Waals surface area contributed by atoms with Crippen LogP contribution in [-0.4, -0.2) is 47.9 Å². The number of carboxylic acids is 1. The first-order valence-electron chi connectivity index (χ1n) is 8.00. The summed E-state index contributed by atoms with van der Waals surface area (Å²) < 4.78 is 0. The van der Waals surface area contributed by atoms with Crippen molar-refractivity contribution in [3.05, 3.63) is 35.9 Å². The van der Waals surface area contributed by atoms with E-state index in [-0.39, 0.29) is 30.8 Å². The van der Waals surface area contributed by atoms with E-state index in [1.165, 1.54) is 6.92 Å². The number of carbonyl (C=O) groups excluding carboxylic acids is 3. The van der Waals surface area contributed by atoms with Crippen molar-refractivity contribution in [1.29, 1.82) is 0 Å². The molecule has 3 atom stereocenters. The fraction of sp³-hybridized carbons (Fsp3) is 0.412. The number of carbonyl (C=O) groups is 4. The van der Waals surface area contributed by atoms with Gasteiger partial charge in [0, 0.05) is 5.92 Å². The van der Waals surface area contributed by atoms with Crippen LogP contribution < -0.4 is 16.0 Å². The fourth-order valence-corrected chi connectivity index (χ4v) is 2.45. The molecule has 1 aliphatic rings. The average Bonchev–Trinajstić information content (AvgIpc) is 3.39. The van der Waals surface area contributed by atoms with Crippen molar-refractivity contribution in [3.63, 3.8) is 0 Å². The first-order valence-corrected chi connectivity index (χ1v) is 8.00. The lowest BCUT2D eigenvalue weighted by Crippen LogP contribution is -2.46. The van der Waals surface area contributed by atoms with Crippen LogP contribution in [0.1, 0.15) is 24.8 Å². The second-order valence-corrected chi connectivity index (χ2v) is 5.98. The fourth-order valence-electron chi connectivity index (χ4n) is 2.45. The minimum absolute atomic E-state index is 0.130. The average molecular weight is 347 g/mol. The Hall–Kier alpha value is -2.90. The molecule has 134 valence electrons. The molecule has 1 fully saturated rings. The molecule has 25 heavy (non-hydrogen) atoms. The van der Waals surface area contributed by atoms with E-state index < -0.39 is 23.8 Å². The predicted molar refractivity (Wildman–Crippen MR) is 88.5 cm³/mol. The third-order valence-electron chi connectivity index (χ3n) is 3.97. The Morgan fingerprint density at radius 2 is 1.72 bits per heavy atom. The van der Waals surface area contributed by atoms with Crippen molar-refractivity contribution in [1.82, 2.24) is 16.0 Å². The Kier molecular flexibility index (Phi) is 6.10. The topological polar surface area (TPSA) is 125 Å². The van der Waals surface area contributed by atoms with E-state index in [4.69, 9.17) is 5.11 Å². The van der Waals surface area contributed by atoms with Crippen molar-refractivity contribution in [2.75, 3.05) is 13.1 Å². The summed E-state index contributed by atoms with van der Waals surface area (Å²) in [5.74, 6) is -2.41. The van der Waals surface area contributed by atoms with E-state index in [9.17, 15) is 19.2 Å². The molecule has 1 saturated carbocycles. The summed E-state index contributed by atoms with van der Waals surface area (Å²) in [5.41, 5.74) is 1.11. The molecule has 0 heterocycles. The van der Waals surface area contributed by atoms with Crippen LogP contribution in [0.5, 0.6) is 0 Å². The number of benzene rings is 1. The van der Waals surface area contributed by atoms with Gasteiger partial charge in [0.2, 0.25) is 17.7 Å². The van der Waals surface area contributed by atoms with Crippen LogP contribution in [0.15, 0.2) is 30.3 Å². The van der Waals surface area contributed by atoms with Crippen LogP contribution in [0, 0.1) is 5.92 Å². The van der Waals surface area contributed by atoms with Crippen LogP contribution >= 0.6 is 0 Å². The van der Waals surface area contributed by atoms with Crippen LogP contribution in [0.3, 0.4) is 0 Å². The molecule has 3 amide bonds. The molecule has 1 aromatic rings. The summed E-state index contributed by atoms with van der Waals surface area (Å²) in [7, 11) is 0. The lowest BCUT2D eigenvalue weighted by molar-refractivity contribution is -0.141. The highest BCUT2D eigenvalue weighted by Crippen LogP contribution is 2.47.